The fraction of sp³-hybridized carbons (Fsp3) is 0.160. The van der Waals surface area contributed by atoms with Gasteiger partial charge >= 0.3 is 0 Å². The number of thiazole rings is 1. The van der Waals surface area contributed by atoms with Gasteiger partial charge in [-0.2, -0.15) is 0 Å². The van der Waals surface area contributed by atoms with Gasteiger partial charge in [-0.05, 0) is 60.2 Å². The highest BCUT2D eigenvalue weighted by atomic mass is 32.1. The fourth-order valence-corrected chi connectivity index (χ4v) is 4.97. The zero-order valence-electron chi connectivity index (χ0n) is 17.7. The number of nitrogens with one attached hydrogen (secondary N) is 1. The molecule has 0 saturated heterocycles. The van der Waals surface area contributed by atoms with Crippen molar-refractivity contribution in [2.45, 2.75) is 19.3 Å². The third-order valence-corrected chi connectivity index (χ3v) is 6.72. The van der Waals surface area contributed by atoms with Gasteiger partial charge in [0, 0.05) is 17.8 Å². The Labute approximate surface area is 193 Å². The lowest BCUT2D eigenvalue weighted by molar-refractivity contribution is 0.102. The van der Waals surface area contributed by atoms with Gasteiger partial charge in [0.1, 0.15) is 17.3 Å². The van der Waals surface area contributed by atoms with E-state index in [-0.39, 0.29) is 5.01 Å². The number of fused-ring (bicyclic) bond motifs is 3. The predicted octanol–water partition coefficient (Wildman–Crippen LogP) is 5.90. The molecule has 1 N–H and O–H groups in total. The van der Waals surface area contributed by atoms with Crippen LogP contribution in [-0.2, 0) is 12.8 Å². The van der Waals surface area contributed by atoms with Crippen LogP contribution in [0.2, 0.25) is 0 Å². The summed E-state index contributed by atoms with van der Waals surface area (Å²) in [6.45, 7) is 0. The molecule has 0 radical (unpaired) electrons. The smallest absolute Gasteiger partial charge is 0.284 e. The summed E-state index contributed by atoms with van der Waals surface area (Å²) in [5.74, 6) is -1.75. The standard InChI is InChI=1S/C25H19F2N3O2S/c1-32-21-11-10-16(13-28-21)15-9-8-14-4-2-7-20-23(17(14)12-15)33-25(29-20)24(31)30-22-18(26)5-3-6-19(22)27/h3,5-6,8-13H,2,4,7H2,1H3,(H,30,31). The molecule has 0 aliphatic heterocycles. The number of ether oxygens (including phenoxy) is 1. The largest absolute Gasteiger partial charge is 0.481 e. The Hall–Kier alpha value is -3.65. The highest BCUT2D eigenvalue weighted by Gasteiger charge is 2.24. The lowest BCUT2D eigenvalue weighted by atomic mass is 9.98. The lowest BCUT2D eigenvalue weighted by Gasteiger charge is -2.09. The van der Waals surface area contributed by atoms with Crippen LogP contribution in [-0.4, -0.2) is 23.0 Å². The number of aryl methyl sites for hydroxylation is 2. The Bertz CT molecular complexity index is 1330. The number of amides is 1. The van der Waals surface area contributed by atoms with E-state index < -0.39 is 23.2 Å². The Morgan fingerprint density at radius 3 is 2.58 bits per heavy atom. The van der Waals surface area contributed by atoms with Crippen molar-refractivity contribution in [3.05, 3.63) is 82.6 Å². The summed E-state index contributed by atoms with van der Waals surface area (Å²) < 4.78 is 33.1. The first-order valence-electron chi connectivity index (χ1n) is 10.4. The maximum atomic E-state index is 14.0. The van der Waals surface area contributed by atoms with Gasteiger partial charge < -0.3 is 10.1 Å². The average molecular weight is 464 g/mol. The number of para-hydroxylation sites is 1. The maximum Gasteiger partial charge on any atom is 0.284 e. The van der Waals surface area contributed by atoms with Crippen molar-refractivity contribution in [3.8, 4) is 27.4 Å². The molecule has 33 heavy (non-hydrogen) atoms. The average Bonchev–Trinajstić information content (AvgIpc) is 3.18. The summed E-state index contributed by atoms with van der Waals surface area (Å²) in [5.41, 5.74) is 4.48. The number of anilines is 1. The van der Waals surface area contributed by atoms with Crippen molar-refractivity contribution in [2.75, 3.05) is 12.4 Å². The monoisotopic (exact) mass is 463 g/mol. The molecule has 2 aromatic carbocycles. The molecule has 4 aromatic rings. The molecule has 5 nitrogen and oxygen atoms in total. The number of carbonyl (C=O) groups is 1. The molecule has 1 amide bonds. The van der Waals surface area contributed by atoms with E-state index in [0.29, 0.717) is 5.88 Å². The van der Waals surface area contributed by atoms with Crippen molar-refractivity contribution in [1.29, 1.82) is 0 Å². The van der Waals surface area contributed by atoms with Crippen LogP contribution < -0.4 is 10.1 Å². The minimum absolute atomic E-state index is 0.173. The molecule has 8 heteroatoms. The summed E-state index contributed by atoms with van der Waals surface area (Å²) in [7, 11) is 1.57. The number of hydrogen-bond acceptors (Lipinski definition) is 5. The summed E-state index contributed by atoms with van der Waals surface area (Å²) in [5, 5.41) is 2.50. The predicted molar refractivity (Wildman–Crippen MR) is 124 cm³/mol. The van der Waals surface area contributed by atoms with Crippen molar-refractivity contribution >= 4 is 22.9 Å². The number of benzene rings is 2. The van der Waals surface area contributed by atoms with Crippen LogP contribution in [0.5, 0.6) is 5.88 Å². The molecular weight excluding hydrogens is 444 g/mol. The third-order valence-electron chi connectivity index (χ3n) is 5.59. The molecule has 2 heterocycles. The van der Waals surface area contributed by atoms with Gasteiger partial charge in [0.05, 0.1) is 17.7 Å². The Morgan fingerprint density at radius 2 is 1.85 bits per heavy atom. The molecule has 5 rings (SSSR count). The number of nitrogens with zero attached hydrogens (tertiary/aromatic N) is 2. The molecule has 1 aliphatic carbocycles. The summed E-state index contributed by atoms with van der Waals surface area (Å²) in [6.07, 6.45) is 4.28. The van der Waals surface area contributed by atoms with E-state index in [1.165, 1.54) is 23.0 Å². The summed E-state index contributed by atoms with van der Waals surface area (Å²) >= 11 is 1.24. The van der Waals surface area contributed by atoms with E-state index >= 15 is 0 Å². The van der Waals surface area contributed by atoms with Crippen LogP contribution in [0.4, 0.5) is 14.5 Å². The van der Waals surface area contributed by atoms with Crippen molar-refractivity contribution < 1.29 is 18.3 Å². The van der Waals surface area contributed by atoms with Crippen LogP contribution >= 0.6 is 11.3 Å². The van der Waals surface area contributed by atoms with Gasteiger partial charge in [0.15, 0.2) is 5.01 Å². The maximum absolute atomic E-state index is 14.0. The van der Waals surface area contributed by atoms with E-state index in [0.717, 1.165) is 58.7 Å². The van der Waals surface area contributed by atoms with E-state index in [9.17, 15) is 13.6 Å². The van der Waals surface area contributed by atoms with Crippen molar-refractivity contribution in [2.24, 2.45) is 0 Å². The molecule has 166 valence electrons. The van der Waals surface area contributed by atoms with Crippen LogP contribution in [0.3, 0.4) is 0 Å². The van der Waals surface area contributed by atoms with E-state index in [2.05, 4.69) is 33.5 Å². The topological polar surface area (TPSA) is 64.1 Å². The number of methoxy groups -OCH3 is 1. The number of aromatic nitrogens is 2. The number of halogens is 2. The minimum Gasteiger partial charge on any atom is -0.481 e. The van der Waals surface area contributed by atoms with Gasteiger partial charge in [-0.1, -0.05) is 18.2 Å². The zero-order chi connectivity index (χ0) is 22.9. The normalized spacial score (nSPS) is 12.5. The Morgan fingerprint density at radius 1 is 1.06 bits per heavy atom. The molecule has 0 atom stereocenters. The quantitative estimate of drug-likeness (QED) is 0.409. The zero-order valence-corrected chi connectivity index (χ0v) is 18.5. The van der Waals surface area contributed by atoms with Crippen molar-refractivity contribution in [3.63, 3.8) is 0 Å². The van der Waals surface area contributed by atoms with Gasteiger partial charge in [-0.3, -0.25) is 4.79 Å². The van der Waals surface area contributed by atoms with Gasteiger partial charge in [-0.15, -0.1) is 11.3 Å². The molecule has 0 unspecified atom stereocenters. The van der Waals surface area contributed by atoms with E-state index in [4.69, 9.17) is 4.74 Å². The second kappa shape index (κ2) is 8.71. The molecule has 0 bridgehead atoms. The van der Waals surface area contributed by atoms with Gasteiger partial charge in [-0.25, -0.2) is 18.7 Å². The SMILES string of the molecule is COc1ccc(-c2ccc3c(c2)-c2sc(C(=O)Nc4c(F)cccc4F)nc2CCC3)cn1. The van der Waals surface area contributed by atoms with Gasteiger partial charge in [0.25, 0.3) is 5.91 Å². The summed E-state index contributed by atoms with van der Waals surface area (Å²) in [6, 6.07) is 13.4. The lowest BCUT2D eigenvalue weighted by Crippen LogP contribution is -2.14. The van der Waals surface area contributed by atoms with Crippen LogP contribution in [0.15, 0.2) is 54.7 Å². The first kappa shape index (κ1) is 21.2. The highest BCUT2D eigenvalue weighted by Crippen LogP contribution is 2.39. The highest BCUT2D eigenvalue weighted by molar-refractivity contribution is 7.17. The van der Waals surface area contributed by atoms with Crippen LogP contribution in [0.25, 0.3) is 21.6 Å². The third kappa shape index (κ3) is 4.09. The molecule has 0 fully saturated rings. The minimum atomic E-state index is -0.829. The second-order valence-electron chi connectivity index (χ2n) is 7.66. The van der Waals surface area contributed by atoms with E-state index in [1.807, 2.05) is 12.1 Å². The molecule has 0 saturated carbocycles. The Kier molecular flexibility index (Phi) is 5.60. The second-order valence-corrected chi connectivity index (χ2v) is 8.66. The molecule has 1 aliphatic rings. The molecule has 0 spiro atoms. The first-order valence-corrected chi connectivity index (χ1v) is 11.2. The number of rotatable bonds is 4. The summed E-state index contributed by atoms with van der Waals surface area (Å²) in [4.78, 5) is 22.5. The van der Waals surface area contributed by atoms with Gasteiger partial charge in [0.2, 0.25) is 5.88 Å². The first-order chi connectivity index (χ1) is 16.0. The Balaban J connectivity index is 1.51. The van der Waals surface area contributed by atoms with Crippen LogP contribution in [0.1, 0.15) is 27.5 Å². The number of hydrogen-bond donors (Lipinski definition) is 1. The number of pyridine rings is 1. The molecule has 2 aromatic heterocycles. The number of carbonyl (C=O) groups excluding carboxylic acids is 1. The molecular formula is C25H19F2N3O2S. The van der Waals surface area contributed by atoms with Crippen molar-refractivity contribution in [1.82, 2.24) is 9.97 Å². The van der Waals surface area contributed by atoms with E-state index in [1.54, 1.807) is 13.3 Å². The fourth-order valence-electron chi connectivity index (χ4n) is 3.92. The van der Waals surface area contributed by atoms with Crippen LogP contribution in [0, 0.1) is 11.6 Å².